The van der Waals surface area contributed by atoms with Crippen molar-refractivity contribution in [3.63, 3.8) is 0 Å². The number of aromatic carboxylic acids is 1. The Morgan fingerprint density at radius 1 is 0.718 bits per heavy atom. The van der Waals surface area contributed by atoms with Crippen LogP contribution in [0.3, 0.4) is 0 Å². The van der Waals surface area contributed by atoms with Gasteiger partial charge in [0.2, 0.25) is 0 Å². The van der Waals surface area contributed by atoms with Crippen LogP contribution in [0.5, 0.6) is 0 Å². The topological polar surface area (TPSA) is 299 Å². The van der Waals surface area contributed by atoms with Gasteiger partial charge in [-0.1, -0.05) is 60.3 Å². The third kappa shape index (κ3) is 28.0. The molecular weight excluding hydrogens is 1190 g/mol. The van der Waals surface area contributed by atoms with Crippen molar-refractivity contribution in [2.24, 2.45) is 5.84 Å². The average molecular weight is 1270 g/mol. The number of halogens is 7. The van der Waals surface area contributed by atoms with Crippen LogP contribution in [-0.2, 0) is 22.5 Å². The van der Waals surface area contributed by atoms with Gasteiger partial charge in [0.25, 0.3) is 0 Å². The number of rotatable bonds is 12. The molecule has 2 aromatic heterocycles. The van der Waals surface area contributed by atoms with Gasteiger partial charge in [0, 0.05) is 71.0 Å². The predicted octanol–water partition coefficient (Wildman–Crippen LogP) is 7.32. The van der Waals surface area contributed by atoms with Crippen molar-refractivity contribution >= 4 is 87.1 Å². The molecule has 85 heavy (non-hydrogen) atoms. The summed E-state index contributed by atoms with van der Waals surface area (Å²) >= 11 is 0. The van der Waals surface area contributed by atoms with E-state index in [0.29, 0.717) is 59.4 Å². The quantitative estimate of drug-likeness (QED) is 0.0120. The van der Waals surface area contributed by atoms with Crippen molar-refractivity contribution in [3.8, 4) is 0 Å². The van der Waals surface area contributed by atoms with Gasteiger partial charge in [-0.25, -0.2) is 4.79 Å². The number of nitrogens with one attached hydrogen (secondary N) is 2. The van der Waals surface area contributed by atoms with E-state index in [1.165, 1.54) is 17.0 Å². The third-order valence-corrected chi connectivity index (χ3v) is 15.0. The zero-order valence-electron chi connectivity index (χ0n) is 51.2. The molecule has 34 heteroatoms. The summed E-state index contributed by atoms with van der Waals surface area (Å²) < 4.78 is 81.7. The molecule has 0 fully saturated rings. The second-order valence-electron chi connectivity index (χ2n) is 21.9. The summed E-state index contributed by atoms with van der Waals surface area (Å²) in [5, 5.41) is 55.0. The number of Topliss-reactive ketones (excluding diaryl/α,β-unsaturated/α-hetero) is 1. The summed E-state index contributed by atoms with van der Waals surface area (Å²) in [5.41, 5.74) is 9.43. The molecule has 0 amide bonds. The summed E-state index contributed by atoms with van der Waals surface area (Å²) in [7, 11) is -2.64. The molecule has 0 aliphatic carbocycles. The van der Waals surface area contributed by atoms with E-state index in [2.05, 4.69) is 84.9 Å². The molecule has 0 bridgehead atoms. The van der Waals surface area contributed by atoms with Gasteiger partial charge in [-0.2, -0.15) is 4.62 Å². The second kappa shape index (κ2) is 32.7. The van der Waals surface area contributed by atoms with Crippen molar-refractivity contribution in [2.75, 3.05) is 55.4 Å². The number of carbonyl (C=O) groups excluding carboxylic acids is 1. The van der Waals surface area contributed by atoms with E-state index in [-0.39, 0.29) is 40.3 Å². The number of benzene rings is 4. The van der Waals surface area contributed by atoms with Crippen LogP contribution < -0.4 is 32.1 Å². The fraction of sp³-hybridized carbons (Fsp3) is 0.490. The monoisotopic (exact) mass is 1270 g/mol. The summed E-state index contributed by atoms with van der Waals surface area (Å²) in [6, 6.07) is 26.3. The van der Waals surface area contributed by atoms with Gasteiger partial charge in [-0.05, 0) is 150 Å². The molecule has 2 aliphatic heterocycles. The maximum Gasteiger partial charge on any atom is 0.491 e. The van der Waals surface area contributed by atoms with Crippen LogP contribution >= 0.6 is 28.2 Å². The number of carboxylic acids is 1. The molecule has 6 aromatic rings. The first-order valence-corrected chi connectivity index (χ1v) is 29.6. The first-order valence-electron chi connectivity index (χ1n) is 26.0. The van der Waals surface area contributed by atoms with Gasteiger partial charge in [-0.3, -0.25) is 21.0 Å². The molecule has 8 rings (SSSR count). The minimum absolute atomic E-state index is 0. The van der Waals surface area contributed by atoms with E-state index in [0.717, 1.165) is 33.6 Å². The molecule has 0 atom stereocenters. The Balaban J connectivity index is 0.00000100. The Morgan fingerprint density at radius 3 is 1.47 bits per heavy atom. The number of carbonyl (C=O) groups is 2. The average Bonchev–Trinajstić information content (AvgIpc) is 3.53. The number of fused-ring (bicyclic) bond motifs is 4. The number of hydrogen-bond acceptors (Lipinski definition) is 19. The van der Waals surface area contributed by atoms with Crippen molar-refractivity contribution in [1.29, 1.82) is 0 Å². The van der Waals surface area contributed by atoms with Gasteiger partial charge in [0.15, 0.2) is 5.78 Å². The number of nitrogens with two attached hydrogens (primary N) is 1. The van der Waals surface area contributed by atoms with E-state index in [1.54, 1.807) is 30.3 Å². The Hall–Kier alpha value is -5.20. The number of hydrogen-bond donors (Lipinski definition) is 7. The molecule has 0 spiro atoms. The van der Waals surface area contributed by atoms with Gasteiger partial charge in [-0.15, -0.1) is 36.6 Å². The van der Waals surface area contributed by atoms with Crippen LogP contribution in [0.1, 0.15) is 108 Å². The first kappa shape index (κ1) is 79.8. The van der Waals surface area contributed by atoms with Crippen molar-refractivity contribution in [1.82, 2.24) is 60.0 Å². The molecule has 23 nitrogen and oxygen atoms in total. The number of hydrazine groups is 1. The molecule has 4 aromatic carbocycles. The fourth-order valence-corrected chi connectivity index (χ4v) is 10.6. The SMILES string of the molecule is CC(C)(C)NCC(=O)c1ccc2c(c1)B(O)OC2.CC(C)(C)NN.CCN(C(C)C)C(C)C.CN(C)[P+](On1nnc2ccccc21)(N(C)C)N(C)C.Cl.F[P-](F)(F)(F)(F)F.O.O=C(O)c1ccc2c(c1)B(O)OC2.On1nnc2ccccc21. The molecule has 480 valence electrons. The van der Waals surface area contributed by atoms with Gasteiger partial charge < -0.3 is 40.5 Å². The van der Waals surface area contributed by atoms with E-state index >= 15 is 0 Å². The normalized spacial score (nSPS) is 13.6. The third-order valence-electron chi connectivity index (χ3n) is 11.5. The number of carboxylic acid groups (broad SMARTS) is 1. The number of aromatic nitrogens is 6. The summed E-state index contributed by atoms with van der Waals surface area (Å²) in [5.74, 6) is 4.08. The summed E-state index contributed by atoms with van der Waals surface area (Å²) in [4.78, 5) is 27.3. The largest absolute Gasteiger partial charge is 0.491 e. The second-order valence-corrected chi connectivity index (χ2v) is 27.4. The summed E-state index contributed by atoms with van der Waals surface area (Å²) in [6.07, 6.45) is 0. The molecule has 0 radical (unpaired) electrons. The van der Waals surface area contributed by atoms with Crippen LogP contribution in [-0.4, -0.2) is 180 Å². The smallest absolute Gasteiger partial charge is 0.478 e. The van der Waals surface area contributed by atoms with Gasteiger partial charge in [0.1, 0.15) is 22.1 Å². The minimum atomic E-state index is -10.7. The van der Waals surface area contributed by atoms with Crippen LogP contribution in [0.4, 0.5) is 25.2 Å². The van der Waals surface area contributed by atoms with E-state index < -0.39 is 36.0 Å². The first-order chi connectivity index (χ1) is 37.9. The van der Waals surface area contributed by atoms with Crippen LogP contribution in [0.25, 0.3) is 22.1 Å². The Labute approximate surface area is 500 Å². The molecule has 0 saturated carbocycles. The van der Waals surface area contributed by atoms with E-state index in [9.17, 15) is 44.8 Å². The zero-order chi connectivity index (χ0) is 63.7. The van der Waals surface area contributed by atoms with E-state index in [1.807, 2.05) is 126 Å². The predicted molar refractivity (Wildman–Crippen MR) is 328 cm³/mol. The molecule has 10 N–H and O–H groups in total. The number of ketones is 1. The zero-order valence-corrected chi connectivity index (χ0v) is 53.8. The number of para-hydroxylation sites is 2. The molecular formula is C51H86B2ClF6N13O10P2. The van der Waals surface area contributed by atoms with Crippen molar-refractivity contribution in [3.05, 3.63) is 107 Å². The Bertz CT molecular complexity index is 2980. The standard InChI is InChI=1S/C13H18BNO3.C12H22N6OP.C8H7BO4.C8H19N.C6H5N3O.C4H12N2.ClH.F6P.H2O/c1-13(2,3)15-7-12(16)9-4-5-10-8-18-14(17)11(10)6-9;1-15(2)20(16(3)4,17(5)6)19-18-12-10-8-7-9-11(12)13-14-18;10-8(11)5-1-2-6-4-13-9(12)7(6)3-5;1-6-9(7(2)3)8(4)5;10-9-6-4-2-1-3-5(6)7-8-9;1-4(2,3)6-5;;1-7(2,3,4,5)6;/h4-6,15,17H,7-8H2,1-3H3;7-10H,1-6H3;1-3,12H,4H2,(H,10,11);7-8H,6H2,1-5H3;1-4,10H;6H,5H2,1-3H3;1H;;1H2/q;+1;;;;;;-1;. The van der Waals surface area contributed by atoms with Gasteiger partial charge >= 0.3 is 61.1 Å². The molecule has 0 saturated heterocycles. The van der Waals surface area contributed by atoms with Crippen LogP contribution in [0, 0.1) is 0 Å². The van der Waals surface area contributed by atoms with Crippen molar-refractivity contribution < 1.29 is 74.5 Å². The van der Waals surface area contributed by atoms with Crippen LogP contribution in [0.15, 0.2) is 84.9 Å². The molecule has 4 heterocycles. The minimum Gasteiger partial charge on any atom is -0.478 e. The van der Waals surface area contributed by atoms with E-state index in [4.69, 9.17) is 30.1 Å². The number of nitrogens with zero attached hydrogens (tertiary/aromatic N) is 10. The molecule has 2 aliphatic rings. The van der Waals surface area contributed by atoms with Crippen molar-refractivity contribution in [2.45, 2.75) is 113 Å². The Morgan fingerprint density at radius 2 is 1.11 bits per heavy atom. The fourth-order valence-electron chi connectivity index (χ4n) is 7.67. The Kier molecular flexibility index (Phi) is 30.7. The summed E-state index contributed by atoms with van der Waals surface area (Å²) in [6.45, 7) is 25.4. The maximum absolute atomic E-state index is 12.0. The van der Waals surface area contributed by atoms with Gasteiger partial charge in [0.05, 0.1) is 25.3 Å². The van der Waals surface area contributed by atoms with Crippen LogP contribution in [0.2, 0.25) is 0 Å². The maximum atomic E-state index is 12.0. The molecule has 0 unspecified atom stereocenters.